The molecule has 0 bridgehead atoms. The Morgan fingerprint density at radius 2 is 2.06 bits per heavy atom. The smallest absolute Gasteiger partial charge is 0.166 e. The molecule has 92 valence electrons. The van der Waals surface area contributed by atoms with Crippen LogP contribution < -0.4 is 5.73 Å². The lowest BCUT2D eigenvalue weighted by Gasteiger charge is -2.40. The van der Waals surface area contributed by atoms with Gasteiger partial charge in [0.2, 0.25) is 0 Å². The van der Waals surface area contributed by atoms with E-state index in [9.17, 15) is 13.6 Å². The van der Waals surface area contributed by atoms with Gasteiger partial charge in [-0.3, -0.25) is 4.79 Å². The highest BCUT2D eigenvalue weighted by atomic mass is 19.1. The number of rotatable bonds is 4. The van der Waals surface area contributed by atoms with Crippen molar-refractivity contribution in [2.24, 2.45) is 11.1 Å². The number of nitrogens with two attached hydrogens (primary N) is 1. The van der Waals surface area contributed by atoms with Crippen molar-refractivity contribution in [1.82, 2.24) is 0 Å². The van der Waals surface area contributed by atoms with Crippen LogP contribution in [0, 0.1) is 17.0 Å². The van der Waals surface area contributed by atoms with Gasteiger partial charge in [0.25, 0.3) is 0 Å². The maximum absolute atomic E-state index is 13.4. The van der Waals surface area contributed by atoms with Gasteiger partial charge in [0.05, 0.1) is 5.56 Å². The van der Waals surface area contributed by atoms with Gasteiger partial charge in [0, 0.05) is 6.42 Å². The summed E-state index contributed by atoms with van der Waals surface area (Å²) in [6, 6.07) is 2.95. The predicted molar refractivity (Wildman–Crippen MR) is 60.6 cm³/mol. The van der Waals surface area contributed by atoms with Crippen LogP contribution in [0.2, 0.25) is 0 Å². The minimum Gasteiger partial charge on any atom is -0.330 e. The van der Waals surface area contributed by atoms with Crippen LogP contribution in [-0.2, 0) is 0 Å². The fourth-order valence-corrected chi connectivity index (χ4v) is 2.28. The molecule has 2 rings (SSSR count). The van der Waals surface area contributed by atoms with Crippen molar-refractivity contribution in [3.63, 3.8) is 0 Å². The van der Waals surface area contributed by atoms with E-state index in [0.29, 0.717) is 6.54 Å². The van der Waals surface area contributed by atoms with Crippen molar-refractivity contribution in [1.29, 1.82) is 0 Å². The van der Waals surface area contributed by atoms with Crippen molar-refractivity contribution >= 4 is 5.78 Å². The molecule has 0 aliphatic heterocycles. The van der Waals surface area contributed by atoms with Gasteiger partial charge in [-0.15, -0.1) is 0 Å². The summed E-state index contributed by atoms with van der Waals surface area (Å²) in [7, 11) is 0. The highest BCUT2D eigenvalue weighted by Gasteiger charge is 2.38. The van der Waals surface area contributed by atoms with E-state index in [-0.39, 0.29) is 23.2 Å². The largest absolute Gasteiger partial charge is 0.330 e. The number of halogens is 2. The molecule has 1 fully saturated rings. The molecular weight excluding hydrogens is 224 g/mol. The summed E-state index contributed by atoms with van der Waals surface area (Å²) in [6.45, 7) is 0.426. The Bertz CT molecular complexity index is 436. The summed E-state index contributed by atoms with van der Waals surface area (Å²) in [5.74, 6) is -1.61. The quantitative estimate of drug-likeness (QED) is 0.821. The third-order valence-corrected chi connectivity index (χ3v) is 3.61. The fourth-order valence-electron chi connectivity index (χ4n) is 2.28. The zero-order valence-corrected chi connectivity index (χ0v) is 9.51. The Hall–Kier alpha value is -1.29. The molecule has 1 aliphatic rings. The molecule has 17 heavy (non-hydrogen) atoms. The molecule has 1 aromatic carbocycles. The minimum absolute atomic E-state index is 0.162. The van der Waals surface area contributed by atoms with E-state index in [1.54, 1.807) is 0 Å². The third-order valence-electron chi connectivity index (χ3n) is 3.61. The van der Waals surface area contributed by atoms with Crippen molar-refractivity contribution in [2.75, 3.05) is 6.54 Å². The van der Waals surface area contributed by atoms with E-state index in [4.69, 9.17) is 5.73 Å². The second-order valence-electron chi connectivity index (χ2n) is 4.78. The summed E-state index contributed by atoms with van der Waals surface area (Å²) in [5.41, 5.74) is 5.30. The average molecular weight is 239 g/mol. The summed E-state index contributed by atoms with van der Waals surface area (Å²) < 4.78 is 26.4. The number of hydrogen-bond donors (Lipinski definition) is 1. The molecular formula is C13H15F2NO. The molecule has 0 atom stereocenters. The lowest BCUT2D eigenvalue weighted by molar-refractivity contribution is 0.0781. The average Bonchev–Trinajstić information content (AvgIpc) is 2.26. The predicted octanol–water partition coefficient (Wildman–Crippen LogP) is 2.67. The number of carbonyl (C=O) groups is 1. The second-order valence-corrected chi connectivity index (χ2v) is 4.78. The first-order valence-electron chi connectivity index (χ1n) is 5.75. The van der Waals surface area contributed by atoms with Crippen molar-refractivity contribution in [2.45, 2.75) is 25.7 Å². The van der Waals surface area contributed by atoms with E-state index in [2.05, 4.69) is 0 Å². The molecule has 0 spiro atoms. The van der Waals surface area contributed by atoms with Gasteiger partial charge in [0.1, 0.15) is 11.6 Å². The second kappa shape index (κ2) is 4.53. The number of carbonyl (C=O) groups excluding carboxylic acids is 1. The maximum atomic E-state index is 13.4. The van der Waals surface area contributed by atoms with E-state index >= 15 is 0 Å². The molecule has 0 saturated heterocycles. The van der Waals surface area contributed by atoms with Crippen molar-refractivity contribution < 1.29 is 13.6 Å². The van der Waals surface area contributed by atoms with Gasteiger partial charge >= 0.3 is 0 Å². The number of hydrogen-bond acceptors (Lipinski definition) is 2. The van der Waals surface area contributed by atoms with Crippen LogP contribution >= 0.6 is 0 Å². The normalized spacial score (nSPS) is 17.6. The Labute approximate surface area is 98.8 Å². The Morgan fingerprint density at radius 3 is 2.59 bits per heavy atom. The lowest BCUT2D eigenvalue weighted by Crippen LogP contribution is -2.39. The summed E-state index contributed by atoms with van der Waals surface area (Å²) >= 11 is 0. The van der Waals surface area contributed by atoms with E-state index < -0.39 is 11.6 Å². The van der Waals surface area contributed by atoms with Crippen LogP contribution in [0.1, 0.15) is 36.0 Å². The lowest BCUT2D eigenvalue weighted by atomic mass is 9.65. The highest BCUT2D eigenvalue weighted by Crippen LogP contribution is 2.43. The fraction of sp³-hybridized carbons (Fsp3) is 0.462. The Morgan fingerprint density at radius 1 is 1.35 bits per heavy atom. The molecule has 2 N–H and O–H groups in total. The first-order valence-corrected chi connectivity index (χ1v) is 5.75. The van der Waals surface area contributed by atoms with Gasteiger partial charge in [-0.2, -0.15) is 0 Å². The molecule has 4 heteroatoms. The van der Waals surface area contributed by atoms with Crippen molar-refractivity contribution in [3.8, 4) is 0 Å². The number of ketones is 1. The molecule has 0 aromatic heterocycles. The van der Waals surface area contributed by atoms with Gasteiger partial charge in [-0.1, -0.05) is 6.42 Å². The van der Waals surface area contributed by atoms with Crippen LogP contribution in [0.5, 0.6) is 0 Å². The molecule has 1 aliphatic carbocycles. The van der Waals surface area contributed by atoms with Gasteiger partial charge in [0.15, 0.2) is 5.78 Å². The molecule has 0 unspecified atom stereocenters. The van der Waals surface area contributed by atoms with Gasteiger partial charge < -0.3 is 5.73 Å². The molecule has 0 amide bonds. The zero-order valence-electron chi connectivity index (χ0n) is 9.51. The SMILES string of the molecule is NCC1(CC(=O)c2cc(F)ccc2F)CCC1. The van der Waals surface area contributed by atoms with Crippen LogP contribution in [0.25, 0.3) is 0 Å². The molecule has 1 aromatic rings. The Balaban J connectivity index is 2.17. The van der Waals surface area contributed by atoms with Gasteiger partial charge in [-0.05, 0) is 43.0 Å². The molecule has 1 saturated carbocycles. The van der Waals surface area contributed by atoms with Crippen LogP contribution in [0.15, 0.2) is 18.2 Å². The first-order chi connectivity index (χ1) is 8.06. The zero-order chi connectivity index (χ0) is 12.5. The van der Waals surface area contributed by atoms with E-state index in [1.807, 2.05) is 0 Å². The molecule has 2 nitrogen and oxygen atoms in total. The summed E-state index contributed by atoms with van der Waals surface area (Å²) in [6.07, 6.45) is 3.05. The highest BCUT2D eigenvalue weighted by molar-refractivity contribution is 5.96. The van der Waals surface area contributed by atoms with E-state index in [0.717, 1.165) is 37.5 Å². The van der Waals surface area contributed by atoms with E-state index in [1.165, 1.54) is 0 Å². The number of benzene rings is 1. The van der Waals surface area contributed by atoms with Crippen LogP contribution in [0.3, 0.4) is 0 Å². The topological polar surface area (TPSA) is 43.1 Å². The van der Waals surface area contributed by atoms with Crippen LogP contribution in [0.4, 0.5) is 8.78 Å². The minimum atomic E-state index is -0.664. The monoisotopic (exact) mass is 239 g/mol. The molecule has 0 heterocycles. The first kappa shape index (κ1) is 12.2. The molecule has 0 radical (unpaired) electrons. The maximum Gasteiger partial charge on any atom is 0.166 e. The van der Waals surface area contributed by atoms with Gasteiger partial charge in [-0.25, -0.2) is 8.78 Å². The number of Topliss-reactive ketones (excluding diaryl/α,β-unsaturated/α-hetero) is 1. The summed E-state index contributed by atoms with van der Waals surface area (Å²) in [4.78, 5) is 11.9. The van der Waals surface area contributed by atoms with Crippen molar-refractivity contribution in [3.05, 3.63) is 35.4 Å². The van der Waals surface area contributed by atoms with Crippen LogP contribution in [-0.4, -0.2) is 12.3 Å². The Kier molecular flexibility index (Phi) is 3.24. The standard InChI is InChI=1S/C13H15F2NO/c14-9-2-3-11(15)10(6-9)12(17)7-13(8-16)4-1-5-13/h2-3,6H,1,4-5,7-8,16H2. The summed E-state index contributed by atoms with van der Waals surface area (Å²) in [5, 5.41) is 0. The third kappa shape index (κ3) is 2.36.